The van der Waals surface area contributed by atoms with Gasteiger partial charge < -0.3 is 9.67 Å². The van der Waals surface area contributed by atoms with Crippen LogP contribution >= 0.6 is 0 Å². The molecule has 1 aliphatic rings. The minimum atomic E-state index is -0.494. The number of fused-ring (bicyclic) bond motifs is 3. The Morgan fingerprint density at radius 3 is 1.86 bits per heavy atom. The van der Waals surface area contributed by atoms with Crippen LogP contribution in [0.1, 0.15) is 5.56 Å². The summed E-state index contributed by atoms with van der Waals surface area (Å²) in [7, 11) is 0. The molecule has 1 fully saturated rings. The molecular formula is C38H37N3O. The molecule has 6 aromatic rings. The van der Waals surface area contributed by atoms with Crippen molar-refractivity contribution in [1.29, 1.82) is 0 Å². The summed E-state index contributed by atoms with van der Waals surface area (Å²) in [5.41, 5.74) is 7.31. The SMILES string of the molecule is O[C@@H](CN1CCN(Cc2ccccc2)CC1)Cn1c(-c2ccccc2)c(-c2ccccc2)c2ccc3ccccc3c21. The molecule has 4 nitrogen and oxygen atoms in total. The first-order valence-electron chi connectivity index (χ1n) is 15.1. The second-order valence-corrected chi connectivity index (χ2v) is 11.5. The van der Waals surface area contributed by atoms with E-state index in [-0.39, 0.29) is 0 Å². The van der Waals surface area contributed by atoms with Crippen LogP contribution in [0.4, 0.5) is 0 Å². The van der Waals surface area contributed by atoms with Crippen molar-refractivity contribution in [3.05, 3.63) is 133 Å². The molecular weight excluding hydrogens is 514 g/mol. The van der Waals surface area contributed by atoms with Crippen LogP contribution in [0.15, 0.2) is 127 Å². The van der Waals surface area contributed by atoms with Crippen molar-refractivity contribution >= 4 is 21.7 Å². The zero-order chi connectivity index (χ0) is 28.3. The van der Waals surface area contributed by atoms with E-state index in [1.54, 1.807) is 0 Å². The zero-order valence-corrected chi connectivity index (χ0v) is 23.9. The van der Waals surface area contributed by atoms with Crippen molar-refractivity contribution in [2.45, 2.75) is 19.2 Å². The van der Waals surface area contributed by atoms with E-state index in [1.165, 1.54) is 49.6 Å². The molecule has 5 aromatic carbocycles. The Morgan fingerprint density at radius 2 is 1.14 bits per heavy atom. The average molecular weight is 552 g/mol. The van der Waals surface area contributed by atoms with Gasteiger partial charge in [0.1, 0.15) is 0 Å². The Hall–Kier alpha value is -4.22. The lowest BCUT2D eigenvalue weighted by Gasteiger charge is -2.35. The average Bonchev–Trinajstić information content (AvgIpc) is 3.37. The minimum Gasteiger partial charge on any atom is -0.390 e. The molecule has 1 aliphatic heterocycles. The van der Waals surface area contributed by atoms with E-state index in [9.17, 15) is 5.11 Å². The van der Waals surface area contributed by atoms with Crippen LogP contribution in [-0.4, -0.2) is 58.3 Å². The highest BCUT2D eigenvalue weighted by atomic mass is 16.3. The fraction of sp³-hybridized carbons (Fsp3) is 0.211. The van der Waals surface area contributed by atoms with E-state index in [1.807, 2.05) is 0 Å². The van der Waals surface area contributed by atoms with E-state index in [2.05, 4.69) is 142 Å². The fourth-order valence-electron chi connectivity index (χ4n) is 6.64. The van der Waals surface area contributed by atoms with Crippen LogP contribution in [0.25, 0.3) is 44.1 Å². The molecule has 0 aliphatic carbocycles. The smallest absolute Gasteiger partial charge is 0.0845 e. The van der Waals surface area contributed by atoms with E-state index in [0.29, 0.717) is 13.1 Å². The maximum absolute atomic E-state index is 11.7. The molecule has 0 spiro atoms. The lowest BCUT2D eigenvalue weighted by atomic mass is 9.97. The highest BCUT2D eigenvalue weighted by molar-refractivity contribution is 6.15. The number of piperazine rings is 1. The van der Waals surface area contributed by atoms with Crippen molar-refractivity contribution in [3.63, 3.8) is 0 Å². The second-order valence-electron chi connectivity index (χ2n) is 11.5. The highest BCUT2D eigenvalue weighted by Crippen LogP contribution is 2.43. The van der Waals surface area contributed by atoms with Crippen LogP contribution < -0.4 is 0 Å². The first-order valence-corrected chi connectivity index (χ1v) is 15.1. The quantitative estimate of drug-likeness (QED) is 0.215. The van der Waals surface area contributed by atoms with Gasteiger partial charge in [-0.1, -0.05) is 127 Å². The number of nitrogens with zero attached hydrogens (tertiary/aromatic N) is 3. The molecule has 7 rings (SSSR count). The van der Waals surface area contributed by atoms with Crippen LogP contribution in [0.3, 0.4) is 0 Å². The van der Waals surface area contributed by atoms with E-state index < -0.39 is 6.10 Å². The number of β-amino-alcohol motifs (C(OH)–C–C–N with tert-alkyl or cyclic N) is 1. The molecule has 210 valence electrons. The Labute approximate surface area is 248 Å². The third-order valence-electron chi connectivity index (χ3n) is 8.63. The van der Waals surface area contributed by atoms with Gasteiger partial charge in [-0.2, -0.15) is 0 Å². The molecule has 4 heteroatoms. The molecule has 0 unspecified atom stereocenters. The molecule has 1 aromatic heterocycles. The van der Waals surface area contributed by atoms with Crippen LogP contribution in [0, 0.1) is 0 Å². The Kier molecular flexibility index (Phi) is 7.58. The van der Waals surface area contributed by atoms with Crippen molar-refractivity contribution in [2.24, 2.45) is 0 Å². The third kappa shape index (κ3) is 5.37. The summed E-state index contributed by atoms with van der Waals surface area (Å²) < 4.78 is 2.39. The van der Waals surface area contributed by atoms with Crippen LogP contribution in [0.5, 0.6) is 0 Å². The number of aromatic nitrogens is 1. The van der Waals surface area contributed by atoms with Gasteiger partial charge in [-0.15, -0.1) is 0 Å². The number of rotatable bonds is 8. The third-order valence-corrected chi connectivity index (χ3v) is 8.63. The van der Waals surface area contributed by atoms with E-state index >= 15 is 0 Å². The normalized spacial score (nSPS) is 15.4. The predicted octanol–water partition coefficient (Wildman–Crippen LogP) is 7.31. The number of hydrogen-bond acceptors (Lipinski definition) is 3. The number of benzene rings is 5. The molecule has 1 atom stereocenters. The molecule has 0 radical (unpaired) electrons. The van der Waals surface area contributed by atoms with E-state index in [4.69, 9.17) is 0 Å². The van der Waals surface area contributed by atoms with Gasteiger partial charge in [-0.25, -0.2) is 0 Å². The van der Waals surface area contributed by atoms with Gasteiger partial charge in [0.15, 0.2) is 0 Å². The van der Waals surface area contributed by atoms with Gasteiger partial charge in [0, 0.05) is 55.6 Å². The Bertz CT molecular complexity index is 1770. The van der Waals surface area contributed by atoms with Gasteiger partial charge >= 0.3 is 0 Å². The van der Waals surface area contributed by atoms with Gasteiger partial charge in [0.2, 0.25) is 0 Å². The monoisotopic (exact) mass is 551 g/mol. The molecule has 1 N–H and O–H groups in total. The number of aliphatic hydroxyl groups excluding tert-OH is 1. The fourth-order valence-corrected chi connectivity index (χ4v) is 6.64. The molecule has 1 saturated heterocycles. The van der Waals surface area contributed by atoms with Crippen molar-refractivity contribution < 1.29 is 5.11 Å². The minimum absolute atomic E-state index is 0.494. The maximum atomic E-state index is 11.7. The maximum Gasteiger partial charge on any atom is 0.0845 e. The molecule has 0 amide bonds. The summed E-state index contributed by atoms with van der Waals surface area (Å²) in [6, 6.07) is 45.2. The zero-order valence-electron chi connectivity index (χ0n) is 23.9. The topological polar surface area (TPSA) is 31.6 Å². The molecule has 2 heterocycles. The van der Waals surface area contributed by atoms with Crippen molar-refractivity contribution in [1.82, 2.24) is 14.4 Å². The highest BCUT2D eigenvalue weighted by Gasteiger charge is 2.25. The van der Waals surface area contributed by atoms with Gasteiger partial charge in [0.05, 0.1) is 23.9 Å². The van der Waals surface area contributed by atoms with Gasteiger partial charge in [-0.3, -0.25) is 9.80 Å². The predicted molar refractivity (Wildman–Crippen MR) is 174 cm³/mol. The Balaban J connectivity index is 1.23. The summed E-state index contributed by atoms with van der Waals surface area (Å²) >= 11 is 0. The lowest BCUT2D eigenvalue weighted by Crippen LogP contribution is -2.48. The van der Waals surface area contributed by atoms with Crippen molar-refractivity contribution in [2.75, 3.05) is 32.7 Å². The standard InChI is InChI=1S/C38H37N3O/c42-33(27-40-24-22-39(23-25-40)26-29-12-4-1-5-13-29)28-41-37(32-17-8-3-9-18-32)36(31-15-6-2-7-16-31)35-21-20-30-14-10-11-19-34(30)38(35)41/h1-21,33,42H,22-28H2/t33-/m0/s1. The molecule has 0 bridgehead atoms. The van der Waals surface area contributed by atoms with Crippen molar-refractivity contribution in [3.8, 4) is 22.4 Å². The summed E-state index contributed by atoms with van der Waals surface area (Å²) in [4.78, 5) is 4.94. The summed E-state index contributed by atoms with van der Waals surface area (Å²) in [6.45, 7) is 6.17. The summed E-state index contributed by atoms with van der Waals surface area (Å²) in [6.07, 6.45) is -0.494. The number of aliphatic hydroxyl groups is 1. The first kappa shape index (κ1) is 26.7. The van der Waals surface area contributed by atoms with E-state index in [0.717, 1.165) is 32.7 Å². The second kappa shape index (κ2) is 11.9. The van der Waals surface area contributed by atoms with Gasteiger partial charge in [0.25, 0.3) is 0 Å². The largest absolute Gasteiger partial charge is 0.390 e. The summed E-state index contributed by atoms with van der Waals surface area (Å²) in [5, 5.41) is 15.3. The number of hydrogen-bond donors (Lipinski definition) is 1. The van der Waals surface area contributed by atoms with Crippen LogP contribution in [-0.2, 0) is 13.1 Å². The first-order chi connectivity index (χ1) is 20.7. The molecule has 42 heavy (non-hydrogen) atoms. The lowest BCUT2D eigenvalue weighted by molar-refractivity contribution is 0.0631. The van der Waals surface area contributed by atoms with Crippen LogP contribution in [0.2, 0.25) is 0 Å². The molecule has 0 saturated carbocycles. The Morgan fingerprint density at radius 1 is 0.548 bits per heavy atom. The summed E-state index contributed by atoms with van der Waals surface area (Å²) in [5.74, 6) is 0. The van der Waals surface area contributed by atoms with Gasteiger partial charge in [-0.05, 0) is 22.1 Å².